The van der Waals surface area contributed by atoms with Crippen LogP contribution < -0.4 is 4.72 Å². The minimum atomic E-state index is -4.09. The van der Waals surface area contributed by atoms with E-state index in [1.807, 2.05) is 0 Å². The molecule has 0 radical (unpaired) electrons. The monoisotopic (exact) mass is 435 g/mol. The van der Waals surface area contributed by atoms with Gasteiger partial charge in [-0.05, 0) is 24.6 Å². The zero-order valence-electron chi connectivity index (χ0n) is 16.8. The van der Waals surface area contributed by atoms with Gasteiger partial charge in [-0.1, -0.05) is 48.5 Å². The summed E-state index contributed by atoms with van der Waals surface area (Å²) in [6, 6.07) is 14.7. The molecule has 0 aromatic heterocycles. The number of nitrogens with one attached hydrogen (secondary N) is 1. The first-order valence-corrected chi connectivity index (χ1v) is 10.9. The van der Waals surface area contributed by atoms with Crippen molar-refractivity contribution in [1.82, 2.24) is 4.72 Å². The summed E-state index contributed by atoms with van der Waals surface area (Å²) >= 11 is 0. The quantitative estimate of drug-likeness (QED) is 0.608. The molecule has 1 heterocycles. The van der Waals surface area contributed by atoms with Gasteiger partial charge >= 0.3 is 5.97 Å². The van der Waals surface area contributed by atoms with Gasteiger partial charge in [0, 0.05) is 6.42 Å². The molecule has 2 atom stereocenters. The van der Waals surface area contributed by atoms with E-state index in [4.69, 9.17) is 14.2 Å². The van der Waals surface area contributed by atoms with Crippen LogP contribution in [0.15, 0.2) is 65.6 Å². The third kappa shape index (κ3) is 4.71. The predicted molar refractivity (Wildman–Crippen MR) is 108 cm³/mol. The number of methoxy groups -OCH3 is 1. The van der Waals surface area contributed by atoms with Crippen molar-refractivity contribution >= 4 is 16.0 Å². The van der Waals surface area contributed by atoms with E-state index in [0.29, 0.717) is 18.8 Å². The Morgan fingerprint density at radius 2 is 1.67 bits per heavy atom. The predicted octanol–water partition coefficient (Wildman–Crippen LogP) is 1.76. The number of sulfonamides is 1. The molecule has 1 aliphatic heterocycles. The first kappa shape index (κ1) is 22.4. The lowest BCUT2D eigenvalue weighted by molar-refractivity contribution is -0.203. The number of ether oxygens (including phenoxy) is 3. The Labute approximate surface area is 175 Å². The summed E-state index contributed by atoms with van der Waals surface area (Å²) in [5.74, 6) is -2.29. The van der Waals surface area contributed by atoms with Crippen molar-refractivity contribution in [2.24, 2.45) is 0 Å². The number of hydrogen-bond donors (Lipinski definition) is 2. The zero-order chi connectivity index (χ0) is 21.8. The van der Waals surface area contributed by atoms with E-state index in [1.165, 1.54) is 12.1 Å². The average molecular weight is 435 g/mol. The molecule has 0 saturated carbocycles. The van der Waals surface area contributed by atoms with Crippen LogP contribution in [0.3, 0.4) is 0 Å². The molecule has 2 N–H and O–H groups in total. The maximum absolute atomic E-state index is 13.1. The second-order valence-electron chi connectivity index (χ2n) is 7.20. The van der Waals surface area contributed by atoms with Gasteiger partial charge in [0.1, 0.15) is 0 Å². The Morgan fingerprint density at radius 3 is 2.20 bits per heavy atom. The lowest BCUT2D eigenvalue weighted by Gasteiger charge is -2.38. The second-order valence-corrected chi connectivity index (χ2v) is 8.92. The Bertz CT molecular complexity index is 959. The number of carbonyl (C=O) groups is 1. The van der Waals surface area contributed by atoms with E-state index < -0.39 is 33.4 Å². The van der Waals surface area contributed by atoms with Crippen LogP contribution in [-0.4, -0.2) is 51.2 Å². The molecule has 8 nitrogen and oxygen atoms in total. The third-order valence-corrected chi connectivity index (χ3v) is 6.40. The standard InChI is InChI=1S/C21H25NO7S/c1-20(28-13-14-29-20)15-21(24,19(23)27-2)18(16-9-5-3-6-10-16)22-30(25,26)17-11-7-4-8-12-17/h3-12,18,22,24H,13-15H2,1-2H3. The maximum atomic E-state index is 13.1. The Balaban J connectivity index is 2.08. The highest BCUT2D eigenvalue weighted by Gasteiger charge is 2.53. The van der Waals surface area contributed by atoms with Gasteiger partial charge in [0.25, 0.3) is 0 Å². The summed E-state index contributed by atoms with van der Waals surface area (Å²) in [7, 11) is -2.96. The van der Waals surface area contributed by atoms with Crippen LogP contribution in [0.25, 0.3) is 0 Å². The van der Waals surface area contributed by atoms with Gasteiger partial charge in [0.05, 0.1) is 31.3 Å². The highest BCUT2D eigenvalue weighted by molar-refractivity contribution is 7.89. The number of rotatable bonds is 8. The fourth-order valence-electron chi connectivity index (χ4n) is 3.53. The fraction of sp³-hybridized carbons (Fsp3) is 0.381. The molecule has 2 unspecified atom stereocenters. The minimum absolute atomic E-state index is 0.00211. The highest BCUT2D eigenvalue weighted by atomic mass is 32.2. The zero-order valence-corrected chi connectivity index (χ0v) is 17.6. The van der Waals surface area contributed by atoms with Gasteiger partial charge < -0.3 is 19.3 Å². The molecular weight excluding hydrogens is 410 g/mol. The van der Waals surface area contributed by atoms with Crippen LogP contribution >= 0.6 is 0 Å². The van der Waals surface area contributed by atoms with Crippen molar-refractivity contribution in [2.75, 3.05) is 20.3 Å². The smallest absolute Gasteiger partial charge is 0.340 e. The molecule has 1 saturated heterocycles. The summed E-state index contributed by atoms with van der Waals surface area (Å²) in [5, 5.41) is 11.6. The normalized spacial score (nSPS) is 19.0. The summed E-state index contributed by atoms with van der Waals surface area (Å²) < 4.78 is 44.6. The Morgan fingerprint density at radius 1 is 1.13 bits per heavy atom. The molecular formula is C21H25NO7S. The van der Waals surface area contributed by atoms with Crippen molar-refractivity contribution < 1.29 is 32.5 Å². The molecule has 0 bridgehead atoms. The molecule has 162 valence electrons. The summed E-state index contributed by atoms with van der Waals surface area (Å²) in [6.45, 7) is 2.17. The summed E-state index contributed by atoms with van der Waals surface area (Å²) in [5.41, 5.74) is -1.93. The van der Waals surface area contributed by atoms with Crippen LogP contribution in [0.2, 0.25) is 0 Å². The van der Waals surface area contributed by atoms with E-state index in [1.54, 1.807) is 55.5 Å². The van der Waals surface area contributed by atoms with Crippen molar-refractivity contribution in [1.29, 1.82) is 0 Å². The van der Waals surface area contributed by atoms with Crippen LogP contribution in [0, 0.1) is 0 Å². The topological polar surface area (TPSA) is 111 Å². The largest absolute Gasteiger partial charge is 0.467 e. The SMILES string of the molecule is COC(=O)C(O)(CC1(C)OCCO1)C(NS(=O)(=O)c1ccccc1)c1ccccc1. The number of esters is 1. The van der Waals surface area contributed by atoms with E-state index in [0.717, 1.165) is 7.11 Å². The number of carbonyl (C=O) groups excluding carboxylic acids is 1. The van der Waals surface area contributed by atoms with Crippen molar-refractivity contribution in [3.05, 3.63) is 66.2 Å². The van der Waals surface area contributed by atoms with Crippen LogP contribution in [-0.2, 0) is 29.0 Å². The molecule has 1 aliphatic rings. The third-order valence-electron chi connectivity index (χ3n) is 4.96. The number of benzene rings is 2. The number of hydrogen-bond acceptors (Lipinski definition) is 7. The Hall–Kier alpha value is -2.30. The Kier molecular flexibility index (Phi) is 6.59. The maximum Gasteiger partial charge on any atom is 0.340 e. The van der Waals surface area contributed by atoms with Crippen LogP contribution in [0.4, 0.5) is 0 Å². The summed E-state index contributed by atoms with van der Waals surface area (Å²) in [4.78, 5) is 12.8. The van der Waals surface area contributed by atoms with Gasteiger partial charge in [-0.25, -0.2) is 17.9 Å². The first-order valence-electron chi connectivity index (χ1n) is 9.41. The van der Waals surface area contributed by atoms with Gasteiger partial charge in [-0.2, -0.15) is 0 Å². The second kappa shape index (κ2) is 8.83. The van der Waals surface area contributed by atoms with Crippen LogP contribution in [0.5, 0.6) is 0 Å². The minimum Gasteiger partial charge on any atom is -0.467 e. The first-order chi connectivity index (χ1) is 14.2. The lowest BCUT2D eigenvalue weighted by Crippen LogP contribution is -2.56. The summed E-state index contributed by atoms with van der Waals surface area (Å²) in [6.07, 6.45) is -0.344. The lowest BCUT2D eigenvalue weighted by atomic mass is 9.83. The van der Waals surface area contributed by atoms with E-state index in [-0.39, 0.29) is 11.3 Å². The van der Waals surface area contributed by atoms with Crippen molar-refractivity contribution in [3.63, 3.8) is 0 Å². The molecule has 0 spiro atoms. The van der Waals surface area contributed by atoms with Gasteiger partial charge in [-0.3, -0.25) is 0 Å². The molecule has 9 heteroatoms. The van der Waals surface area contributed by atoms with Gasteiger partial charge in [0.15, 0.2) is 11.4 Å². The molecule has 2 aromatic rings. The van der Waals surface area contributed by atoms with E-state index >= 15 is 0 Å². The van der Waals surface area contributed by atoms with Crippen LogP contribution in [0.1, 0.15) is 24.9 Å². The fourth-order valence-corrected chi connectivity index (χ4v) is 4.82. The molecule has 30 heavy (non-hydrogen) atoms. The average Bonchev–Trinajstić information content (AvgIpc) is 3.18. The molecule has 1 fully saturated rings. The van der Waals surface area contributed by atoms with Crippen molar-refractivity contribution in [3.8, 4) is 0 Å². The number of aliphatic hydroxyl groups is 1. The van der Waals surface area contributed by atoms with Gasteiger partial charge in [0.2, 0.25) is 10.0 Å². The molecule has 3 rings (SSSR count). The van der Waals surface area contributed by atoms with E-state index in [9.17, 15) is 18.3 Å². The molecule has 2 aromatic carbocycles. The van der Waals surface area contributed by atoms with E-state index in [2.05, 4.69) is 4.72 Å². The van der Waals surface area contributed by atoms with Crippen molar-refractivity contribution in [2.45, 2.75) is 35.7 Å². The highest BCUT2D eigenvalue weighted by Crippen LogP contribution is 2.38. The molecule has 0 amide bonds. The van der Waals surface area contributed by atoms with Gasteiger partial charge in [-0.15, -0.1) is 0 Å². The molecule has 0 aliphatic carbocycles.